The minimum Gasteiger partial charge on any atom is -0.490 e. The number of rotatable bonds is 9. The number of aryl methyl sites for hydroxylation is 1. The van der Waals surface area contributed by atoms with Gasteiger partial charge in [-0.1, -0.05) is 0 Å². The molecule has 2 aromatic heterocycles. The smallest absolute Gasteiger partial charge is 0.368 e. The number of fused-ring (bicyclic) bond motifs is 1. The first-order valence-corrected chi connectivity index (χ1v) is 14.8. The fourth-order valence-corrected chi connectivity index (χ4v) is 6.46. The number of hydrogen-bond acceptors (Lipinski definition) is 11. The van der Waals surface area contributed by atoms with E-state index in [1.807, 2.05) is 0 Å². The molecule has 0 amide bonds. The van der Waals surface area contributed by atoms with E-state index in [0.717, 1.165) is 54.5 Å². The van der Waals surface area contributed by atoms with Crippen LogP contribution in [0, 0.1) is 11.6 Å². The topological polar surface area (TPSA) is 127 Å². The Balaban J connectivity index is 1.22. The van der Waals surface area contributed by atoms with Crippen molar-refractivity contribution < 1.29 is 18.3 Å². The van der Waals surface area contributed by atoms with E-state index in [-0.39, 0.29) is 47.1 Å². The molecule has 3 aromatic rings. The average Bonchev–Trinajstić information content (AvgIpc) is 3.59. The van der Waals surface area contributed by atoms with Gasteiger partial charge in [0.2, 0.25) is 5.95 Å². The van der Waals surface area contributed by atoms with E-state index in [0.29, 0.717) is 25.8 Å². The van der Waals surface area contributed by atoms with Crippen molar-refractivity contribution in [3.8, 4) is 11.4 Å². The third-order valence-electron chi connectivity index (χ3n) is 8.56. The van der Waals surface area contributed by atoms with Gasteiger partial charge in [0.15, 0.2) is 17.5 Å². The predicted octanol–water partition coefficient (Wildman–Crippen LogP) is 2.31. The van der Waals surface area contributed by atoms with Gasteiger partial charge in [0.25, 0.3) is 0 Å². The monoisotopic (exact) mass is 600 g/mol. The summed E-state index contributed by atoms with van der Waals surface area (Å²) in [5.74, 6) is -1.08. The minimum atomic E-state index is -0.667. The summed E-state index contributed by atoms with van der Waals surface area (Å²) in [6.45, 7) is 9.27. The molecule has 0 bridgehead atoms. The summed E-state index contributed by atoms with van der Waals surface area (Å²) in [6.07, 6.45) is 5.09. The van der Waals surface area contributed by atoms with E-state index < -0.39 is 17.3 Å². The van der Waals surface area contributed by atoms with Gasteiger partial charge in [-0.05, 0) is 62.6 Å². The zero-order valence-corrected chi connectivity index (χ0v) is 24.7. The first-order valence-electron chi connectivity index (χ1n) is 14.8. The van der Waals surface area contributed by atoms with Gasteiger partial charge in [0.1, 0.15) is 18.0 Å². The normalized spacial score (nSPS) is 22.3. The lowest BCUT2D eigenvalue weighted by Crippen LogP contribution is -2.55. The first kappa shape index (κ1) is 29.4. The molecule has 3 aliphatic heterocycles. The third kappa shape index (κ3) is 6.33. The number of hydrogen-bond donors (Lipinski definition) is 2. The fourth-order valence-electron chi connectivity index (χ4n) is 6.46. The number of morpholine rings is 1. The van der Waals surface area contributed by atoms with Crippen molar-refractivity contribution in [2.75, 3.05) is 56.6 Å². The van der Waals surface area contributed by atoms with Crippen LogP contribution in [0.3, 0.4) is 0 Å². The van der Waals surface area contributed by atoms with E-state index in [1.54, 1.807) is 0 Å². The van der Waals surface area contributed by atoms with Crippen LogP contribution in [0.25, 0.3) is 5.69 Å². The number of nitrogens with zero attached hydrogens (tertiary/aromatic N) is 8. The molecule has 3 aliphatic rings. The van der Waals surface area contributed by atoms with Crippen LogP contribution in [-0.2, 0) is 11.8 Å². The Morgan fingerprint density at radius 1 is 1.14 bits per heavy atom. The summed E-state index contributed by atoms with van der Waals surface area (Å²) < 4.78 is 43.7. The number of piperidine rings is 1. The standard InChI is InChI=1S/C28H38F2N10O3/c1-28(2)16-18(13-19-5-4-6-39(19)28)32-25-21(30)17-31-26(34-25)33-22-15-23(40-27(41)37(3)35-36-40)24(14-20(22)29)43-12-9-38-7-10-42-11-8-38/h14-15,17-19H,4-13,16H2,1-3H3,(H2,31,32,33,34)/t18-,19+/m1/s1. The molecule has 5 heterocycles. The number of anilines is 3. The van der Waals surface area contributed by atoms with Crippen molar-refractivity contribution in [1.82, 2.24) is 39.6 Å². The molecule has 232 valence electrons. The summed E-state index contributed by atoms with van der Waals surface area (Å²) >= 11 is 0. The average molecular weight is 601 g/mol. The summed E-state index contributed by atoms with van der Waals surface area (Å²) in [6, 6.07) is 3.05. The van der Waals surface area contributed by atoms with Crippen LogP contribution < -0.4 is 21.1 Å². The molecule has 0 saturated carbocycles. The Morgan fingerprint density at radius 3 is 2.72 bits per heavy atom. The van der Waals surface area contributed by atoms with Crippen molar-refractivity contribution in [2.45, 2.75) is 57.2 Å². The Labute approximate surface area is 248 Å². The van der Waals surface area contributed by atoms with Gasteiger partial charge >= 0.3 is 5.69 Å². The van der Waals surface area contributed by atoms with Gasteiger partial charge in [-0.15, -0.1) is 0 Å². The molecule has 13 nitrogen and oxygen atoms in total. The fraction of sp³-hybridized carbons (Fsp3) is 0.607. The minimum absolute atomic E-state index is 0.00112. The van der Waals surface area contributed by atoms with Gasteiger partial charge in [0.05, 0.1) is 25.1 Å². The molecule has 0 radical (unpaired) electrons. The molecule has 3 fully saturated rings. The molecule has 15 heteroatoms. The molecule has 43 heavy (non-hydrogen) atoms. The Hall–Kier alpha value is -3.69. The van der Waals surface area contributed by atoms with E-state index >= 15 is 4.39 Å². The van der Waals surface area contributed by atoms with Crippen LogP contribution >= 0.6 is 0 Å². The third-order valence-corrected chi connectivity index (χ3v) is 8.56. The summed E-state index contributed by atoms with van der Waals surface area (Å²) in [7, 11) is 1.46. The maximum atomic E-state index is 15.4. The number of benzene rings is 1. The maximum absolute atomic E-state index is 15.4. The van der Waals surface area contributed by atoms with Gasteiger partial charge in [-0.2, -0.15) is 14.3 Å². The number of nitrogens with one attached hydrogen (secondary N) is 2. The van der Waals surface area contributed by atoms with Crippen LogP contribution in [0.4, 0.5) is 26.2 Å². The van der Waals surface area contributed by atoms with E-state index in [4.69, 9.17) is 9.47 Å². The lowest BCUT2D eigenvalue weighted by atomic mass is 9.84. The maximum Gasteiger partial charge on any atom is 0.368 e. The molecular weight excluding hydrogens is 562 g/mol. The lowest BCUT2D eigenvalue weighted by molar-refractivity contribution is 0.0322. The van der Waals surface area contributed by atoms with E-state index in [1.165, 1.54) is 25.6 Å². The van der Waals surface area contributed by atoms with Crippen LogP contribution in [0.1, 0.15) is 39.5 Å². The van der Waals surface area contributed by atoms with Crippen molar-refractivity contribution in [3.63, 3.8) is 0 Å². The molecule has 6 rings (SSSR count). The molecule has 1 aromatic carbocycles. The second-order valence-electron chi connectivity index (χ2n) is 12.0. The quantitative estimate of drug-likeness (QED) is 0.376. The molecule has 2 atom stereocenters. The Kier molecular flexibility index (Phi) is 8.29. The van der Waals surface area contributed by atoms with Crippen LogP contribution in [0.15, 0.2) is 23.1 Å². The first-order chi connectivity index (χ1) is 20.7. The van der Waals surface area contributed by atoms with Crippen LogP contribution in [0.5, 0.6) is 5.75 Å². The Bertz CT molecular complexity index is 1510. The van der Waals surface area contributed by atoms with E-state index in [2.05, 4.69) is 54.7 Å². The zero-order valence-electron chi connectivity index (χ0n) is 24.7. The Morgan fingerprint density at radius 2 is 1.95 bits per heavy atom. The van der Waals surface area contributed by atoms with Gasteiger partial charge in [-0.3, -0.25) is 9.80 Å². The molecule has 0 unspecified atom stereocenters. The molecule has 3 saturated heterocycles. The largest absolute Gasteiger partial charge is 0.490 e. The van der Waals surface area contributed by atoms with Crippen molar-refractivity contribution in [2.24, 2.45) is 7.05 Å². The predicted molar refractivity (Wildman–Crippen MR) is 155 cm³/mol. The summed E-state index contributed by atoms with van der Waals surface area (Å²) in [4.78, 5) is 25.8. The SMILES string of the molecule is Cn1nnn(-c2cc(Nc3ncc(F)c(N[C@@H]4C[C@@H]5CCCN5C(C)(C)C4)n3)c(F)cc2OCCN2CCOCC2)c1=O. The highest BCUT2D eigenvalue weighted by atomic mass is 19.1. The highest BCUT2D eigenvalue weighted by Crippen LogP contribution is 2.38. The molecule has 0 spiro atoms. The van der Waals surface area contributed by atoms with Crippen molar-refractivity contribution in [3.05, 3.63) is 40.4 Å². The van der Waals surface area contributed by atoms with Gasteiger partial charge in [-0.25, -0.2) is 18.6 Å². The summed E-state index contributed by atoms with van der Waals surface area (Å²) in [5, 5.41) is 13.8. The second kappa shape index (κ2) is 12.1. The highest BCUT2D eigenvalue weighted by Gasteiger charge is 2.43. The second-order valence-corrected chi connectivity index (χ2v) is 12.0. The number of halogens is 2. The lowest BCUT2D eigenvalue weighted by Gasteiger charge is -2.47. The number of ether oxygens (including phenoxy) is 2. The highest BCUT2D eigenvalue weighted by molar-refractivity contribution is 5.63. The van der Waals surface area contributed by atoms with Crippen LogP contribution in [0.2, 0.25) is 0 Å². The zero-order chi connectivity index (χ0) is 30.1. The molecule has 0 aliphatic carbocycles. The van der Waals surface area contributed by atoms with Crippen LogP contribution in [-0.4, -0.2) is 103 Å². The van der Waals surface area contributed by atoms with Gasteiger partial charge in [0, 0.05) is 50.4 Å². The van der Waals surface area contributed by atoms with E-state index in [9.17, 15) is 9.18 Å². The van der Waals surface area contributed by atoms with Crippen molar-refractivity contribution >= 4 is 17.5 Å². The number of tetrazole rings is 1. The summed E-state index contributed by atoms with van der Waals surface area (Å²) in [5.41, 5.74) is -0.386. The molecule has 2 N–H and O–H groups in total. The molecular formula is C28H38F2N10O3. The van der Waals surface area contributed by atoms with Gasteiger partial charge < -0.3 is 20.1 Å². The number of aromatic nitrogens is 6. The van der Waals surface area contributed by atoms with Crippen molar-refractivity contribution in [1.29, 1.82) is 0 Å².